The highest BCUT2D eigenvalue weighted by Gasteiger charge is 2.30. The highest BCUT2D eigenvalue weighted by Crippen LogP contribution is 2.25. The Morgan fingerprint density at radius 2 is 1.50 bits per heavy atom. The number of rotatable bonds is 5. The van der Waals surface area contributed by atoms with Crippen LogP contribution in [0.2, 0.25) is 0 Å². The van der Waals surface area contributed by atoms with Crippen molar-refractivity contribution in [3.8, 4) is 5.75 Å². The maximum absolute atomic E-state index is 12.7. The van der Waals surface area contributed by atoms with E-state index in [1.54, 1.807) is 36.3 Å². The number of piperazine rings is 1. The van der Waals surface area contributed by atoms with E-state index >= 15 is 0 Å². The van der Waals surface area contributed by atoms with E-state index in [0.717, 1.165) is 25.7 Å². The van der Waals surface area contributed by atoms with E-state index in [4.69, 9.17) is 10.5 Å². The van der Waals surface area contributed by atoms with Crippen molar-refractivity contribution in [2.75, 3.05) is 33.3 Å². The zero-order valence-corrected chi connectivity index (χ0v) is 18.1. The molecule has 0 spiro atoms. The van der Waals surface area contributed by atoms with Gasteiger partial charge in [-0.2, -0.15) is 0 Å². The van der Waals surface area contributed by atoms with Crippen molar-refractivity contribution in [2.24, 2.45) is 11.7 Å². The Morgan fingerprint density at radius 3 is 2.07 bits per heavy atom. The summed E-state index contributed by atoms with van der Waals surface area (Å²) in [6.07, 6.45) is 6.13. The molecule has 8 heteroatoms. The molecule has 0 radical (unpaired) electrons. The monoisotopic (exact) mass is 435 g/mol. The number of methoxy groups -OCH3 is 1. The third kappa shape index (κ3) is 6.06. The number of halogens is 1. The maximum Gasteiger partial charge on any atom is 0.246 e. The van der Waals surface area contributed by atoms with Crippen LogP contribution in [-0.2, 0) is 9.59 Å². The lowest BCUT2D eigenvalue weighted by atomic mass is 9.85. The molecule has 0 aromatic heterocycles. The summed E-state index contributed by atoms with van der Waals surface area (Å²) in [5.74, 6) is 0.492. The first kappa shape index (κ1) is 23.9. The lowest BCUT2D eigenvalue weighted by Crippen LogP contribution is -2.52. The molecular weight excluding hydrogens is 406 g/mol. The van der Waals surface area contributed by atoms with Gasteiger partial charge in [-0.15, -0.1) is 12.4 Å². The van der Waals surface area contributed by atoms with Gasteiger partial charge in [-0.3, -0.25) is 14.4 Å². The van der Waals surface area contributed by atoms with Crippen LogP contribution in [0.3, 0.4) is 0 Å². The van der Waals surface area contributed by atoms with E-state index in [-0.39, 0.29) is 42.0 Å². The Hall–Kier alpha value is -2.38. The van der Waals surface area contributed by atoms with Crippen molar-refractivity contribution < 1.29 is 19.1 Å². The zero-order chi connectivity index (χ0) is 20.8. The first-order chi connectivity index (χ1) is 14.0. The number of nitrogens with two attached hydrogens (primary N) is 1. The summed E-state index contributed by atoms with van der Waals surface area (Å²) < 4.78 is 5.07. The standard InChI is InChI=1S/C22H29N3O4.ClH/c1-29-19-8-4-16(5-9-19)20(26)10-11-21(27)24-12-14-25(15-13-24)22(28)17-2-6-18(23)7-3-17;/h4-5,8-11,17-18H,2-3,6-7,12-15,23H2,1H3;1H/b11-10+;. The largest absolute Gasteiger partial charge is 0.497 e. The van der Waals surface area contributed by atoms with E-state index in [2.05, 4.69) is 0 Å². The van der Waals surface area contributed by atoms with Crippen LogP contribution < -0.4 is 10.5 Å². The molecule has 2 aliphatic rings. The van der Waals surface area contributed by atoms with Crippen molar-refractivity contribution >= 4 is 30.0 Å². The number of hydrogen-bond acceptors (Lipinski definition) is 5. The van der Waals surface area contributed by atoms with Crippen LogP contribution >= 0.6 is 12.4 Å². The molecule has 1 aliphatic heterocycles. The molecule has 1 aromatic rings. The molecule has 2 fully saturated rings. The summed E-state index contributed by atoms with van der Waals surface area (Å²) in [6.45, 7) is 2.04. The van der Waals surface area contributed by atoms with Gasteiger partial charge in [0.05, 0.1) is 7.11 Å². The summed E-state index contributed by atoms with van der Waals surface area (Å²) in [6, 6.07) is 6.97. The van der Waals surface area contributed by atoms with E-state index in [9.17, 15) is 14.4 Å². The summed E-state index contributed by atoms with van der Waals surface area (Å²) >= 11 is 0. The Labute approximate surface area is 183 Å². The molecule has 1 aromatic carbocycles. The second-order valence-corrected chi connectivity index (χ2v) is 7.69. The molecule has 1 saturated heterocycles. The molecule has 2 N–H and O–H groups in total. The molecule has 1 aliphatic carbocycles. The molecule has 1 heterocycles. The minimum Gasteiger partial charge on any atom is -0.497 e. The van der Waals surface area contributed by atoms with Crippen LogP contribution in [0.5, 0.6) is 5.75 Å². The van der Waals surface area contributed by atoms with Gasteiger partial charge in [0.25, 0.3) is 0 Å². The molecule has 0 bridgehead atoms. The van der Waals surface area contributed by atoms with Gasteiger partial charge in [-0.1, -0.05) is 0 Å². The minimum absolute atomic E-state index is 0. The second-order valence-electron chi connectivity index (χ2n) is 7.69. The number of carbonyl (C=O) groups excluding carboxylic acids is 3. The number of ketones is 1. The van der Waals surface area contributed by atoms with E-state index in [1.807, 2.05) is 4.90 Å². The lowest BCUT2D eigenvalue weighted by Gasteiger charge is -2.37. The van der Waals surface area contributed by atoms with Crippen molar-refractivity contribution in [1.29, 1.82) is 0 Å². The smallest absolute Gasteiger partial charge is 0.246 e. The summed E-state index contributed by atoms with van der Waals surface area (Å²) in [5.41, 5.74) is 6.42. The molecule has 3 rings (SSSR count). The fraction of sp³-hybridized carbons (Fsp3) is 0.500. The molecule has 30 heavy (non-hydrogen) atoms. The molecule has 7 nitrogen and oxygen atoms in total. The predicted molar refractivity (Wildman–Crippen MR) is 117 cm³/mol. The molecule has 0 atom stereocenters. The Morgan fingerprint density at radius 1 is 0.933 bits per heavy atom. The third-order valence-electron chi connectivity index (χ3n) is 5.78. The Balaban J connectivity index is 0.00000320. The van der Waals surface area contributed by atoms with Gasteiger partial charge in [-0.05, 0) is 56.0 Å². The number of amides is 2. The van der Waals surface area contributed by atoms with Crippen molar-refractivity contribution in [3.63, 3.8) is 0 Å². The number of carbonyl (C=O) groups is 3. The molecule has 0 unspecified atom stereocenters. The zero-order valence-electron chi connectivity index (χ0n) is 17.3. The van der Waals surface area contributed by atoms with Gasteiger partial charge in [0.2, 0.25) is 11.8 Å². The third-order valence-corrected chi connectivity index (χ3v) is 5.78. The van der Waals surface area contributed by atoms with Crippen LogP contribution in [0.1, 0.15) is 36.0 Å². The van der Waals surface area contributed by atoms with Crippen LogP contribution in [0.25, 0.3) is 0 Å². The van der Waals surface area contributed by atoms with Crippen molar-refractivity contribution in [3.05, 3.63) is 42.0 Å². The minimum atomic E-state index is -0.231. The van der Waals surface area contributed by atoms with E-state index in [1.165, 1.54) is 12.2 Å². The molecule has 1 saturated carbocycles. The number of nitrogens with zero attached hydrogens (tertiary/aromatic N) is 2. The normalized spacial score (nSPS) is 21.8. The number of allylic oxidation sites excluding steroid dienone is 1. The summed E-state index contributed by atoms with van der Waals surface area (Å²) in [4.78, 5) is 40.8. The SMILES string of the molecule is COc1ccc(C(=O)/C=C/C(=O)N2CCN(C(=O)C3CCC(N)CC3)CC2)cc1.Cl. The van der Waals surface area contributed by atoms with Crippen LogP contribution in [0.4, 0.5) is 0 Å². The fourth-order valence-electron chi connectivity index (χ4n) is 3.88. The van der Waals surface area contributed by atoms with E-state index in [0.29, 0.717) is 37.5 Å². The van der Waals surface area contributed by atoms with Crippen molar-refractivity contribution in [2.45, 2.75) is 31.7 Å². The number of hydrogen-bond donors (Lipinski definition) is 1. The highest BCUT2D eigenvalue weighted by molar-refractivity contribution is 6.07. The average molecular weight is 436 g/mol. The van der Waals surface area contributed by atoms with Crippen LogP contribution in [0.15, 0.2) is 36.4 Å². The predicted octanol–water partition coefficient (Wildman–Crippen LogP) is 2.04. The highest BCUT2D eigenvalue weighted by atomic mass is 35.5. The van der Waals surface area contributed by atoms with Crippen LogP contribution in [0, 0.1) is 5.92 Å². The summed E-state index contributed by atoms with van der Waals surface area (Å²) in [5, 5.41) is 0. The lowest BCUT2D eigenvalue weighted by molar-refractivity contribution is -0.141. The Kier molecular flexibility index (Phi) is 8.87. The van der Waals surface area contributed by atoms with Gasteiger partial charge in [0, 0.05) is 49.8 Å². The maximum atomic E-state index is 12.7. The fourth-order valence-corrected chi connectivity index (χ4v) is 3.88. The quantitative estimate of drug-likeness (QED) is 0.564. The molecule has 2 amide bonds. The van der Waals surface area contributed by atoms with Gasteiger partial charge >= 0.3 is 0 Å². The van der Waals surface area contributed by atoms with Gasteiger partial charge < -0.3 is 20.3 Å². The second kappa shape index (κ2) is 11.1. The van der Waals surface area contributed by atoms with Crippen LogP contribution in [-0.4, -0.2) is 66.7 Å². The first-order valence-corrected chi connectivity index (χ1v) is 10.2. The average Bonchev–Trinajstić information content (AvgIpc) is 2.77. The van der Waals surface area contributed by atoms with Gasteiger partial charge in [0.15, 0.2) is 5.78 Å². The van der Waals surface area contributed by atoms with Gasteiger partial charge in [-0.25, -0.2) is 0 Å². The van der Waals surface area contributed by atoms with Gasteiger partial charge in [0.1, 0.15) is 5.75 Å². The number of benzene rings is 1. The Bertz CT molecular complexity index is 765. The molecule has 164 valence electrons. The van der Waals surface area contributed by atoms with Crippen molar-refractivity contribution in [1.82, 2.24) is 9.80 Å². The molecular formula is C22H30ClN3O4. The van der Waals surface area contributed by atoms with E-state index < -0.39 is 0 Å². The number of ether oxygens (including phenoxy) is 1. The topological polar surface area (TPSA) is 92.9 Å². The summed E-state index contributed by atoms with van der Waals surface area (Å²) in [7, 11) is 1.56. The first-order valence-electron chi connectivity index (χ1n) is 10.2.